The summed E-state index contributed by atoms with van der Waals surface area (Å²) in [5, 5.41) is 2.91. The Morgan fingerprint density at radius 3 is 2.58 bits per heavy atom. The van der Waals surface area contributed by atoms with Crippen LogP contribution in [0.4, 0.5) is 23.7 Å². The van der Waals surface area contributed by atoms with Crippen molar-refractivity contribution in [2.45, 2.75) is 17.8 Å². The Morgan fingerprint density at radius 1 is 1.08 bits per heavy atom. The maximum absolute atomic E-state index is 12.8. The summed E-state index contributed by atoms with van der Waals surface area (Å²) in [6.07, 6.45) is -3.62. The predicted octanol–water partition coefficient (Wildman–Crippen LogP) is 5.42. The lowest BCUT2D eigenvalue weighted by atomic mass is 10.1. The van der Waals surface area contributed by atoms with E-state index in [0.717, 1.165) is 24.3 Å². The van der Waals surface area contributed by atoms with E-state index in [1.54, 1.807) is 16.7 Å². The van der Waals surface area contributed by atoms with Crippen LogP contribution in [0, 0.1) is 0 Å². The van der Waals surface area contributed by atoms with Gasteiger partial charge in [0.2, 0.25) is 0 Å². The molecule has 1 heterocycles. The van der Waals surface area contributed by atoms with Gasteiger partial charge in [-0.3, -0.25) is 0 Å². The highest BCUT2D eigenvalue weighted by Crippen LogP contribution is 2.34. The molecule has 1 aliphatic rings. The van der Waals surface area contributed by atoms with Crippen molar-refractivity contribution in [1.29, 1.82) is 0 Å². The fraction of sp³-hybridized carbons (Fsp3) is 0.316. The third-order valence-electron chi connectivity index (χ3n) is 4.24. The van der Waals surface area contributed by atoms with Crippen LogP contribution in [0.15, 0.2) is 54.6 Å². The second kappa shape index (κ2) is 8.03. The van der Waals surface area contributed by atoms with Gasteiger partial charge in [-0.1, -0.05) is 36.4 Å². The molecular formula is C19H19F3N2OS. The molecular weight excluding hydrogens is 361 g/mol. The molecule has 2 aromatic carbocycles. The van der Waals surface area contributed by atoms with E-state index in [0.29, 0.717) is 18.3 Å². The quantitative estimate of drug-likeness (QED) is 0.755. The summed E-state index contributed by atoms with van der Waals surface area (Å²) in [4.78, 5) is 14.1. The Balaban J connectivity index is 1.62. The van der Waals surface area contributed by atoms with Gasteiger partial charge in [-0.15, -0.1) is 0 Å². The van der Waals surface area contributed by atoms with Crippen LogP contribution in [0.25, 0.3) is 0 Å². The van der Waals surface area contributed by atoms with Gasteiger partial charge in [0.1, 0.15) is 0 Å². The van der Waals surface area contributed by atoms with Crippen molar-refractivity contribution in [3.8, 4) is 0 Å². The lowest BCUT2D eigenvalue weighted by molar-refractivity contribution is -0.137. The van der Waals surface area contributed by atoms with E-state index in [2.05, 4.69) is 17.4 Å². The van der Waals surface area contributed by atoms with Gasteiger partial charge >= 0.3 is 12.2 Å². The van der Waals surface area contributed by atoms with Gasteiger partial charge in [-0.2, -0.15) is 24.9 Å². The van der Waals surface area contributed by atoms with Crippen molar-refractivity contribution in [1.82, 2.24) is 4.90 Å². The highest BCUT2D eigenvalue weighted by atomic mass is 32.2. The van der Waals surface area contributed by atoms with Crippen molar-refractivity contribution >= 4 is 23.5 Å². The number of halogens is 3. The van der Waals surface area contributed by atoms with Crippen molar-refractivity contribution in [3.05, 3.63) is 65.7 Å². The van der Waals surface area contributed by atoms with E-state index < -0.39 is 11.7 Å². The number of benzene rings is 2. The van der Waals surface area contributed by atoms with Crippen LogP contribution >= 0.6 is 11.8 Å². The van der Waals surface area contributed by atoms with Crippen molar-refractivity contribution < 1.29 is 18.0 Å². The summed E-state index contributed by atoms with van der Waals surface area (Å²) in [6, 6.07) is 14.5. The number of nitrogens with one attached hydrogen (secondary N) is 1. The van der Waals surface area contributed by atoms with Crippen LogP contribution < -0.4 is 5.32 Å². The SMILES string of the molecule is O=C(Nc1cccc(C(F)(F)F)c1)N1CCSC(c2ccccc2)CC1. The van der Waals surface area contributed by atoms with Crippen molar-refractivity contribution in [2.75, 3.05) is 24.2 Å². The number of anilines is 1. The minimum atomic E-state index is -4.43. The summed E-state index contributed by atoms with van der Waals surface area (Å²) in [5.74, 6) is 0.787. The van der Waals surface area contributed by atoms with E-state index in [1.807, 2.05) is 18.2 Å². The van der Waals surface area contributed by atoms with Crippen molar-refractivity contribution in [2.24, 2.45) is 0 Å². The first-order valence-electron chi connectivity index (χ1n) is 8.33. The lowest BCUT2D eigenvalue weighted by Gasteiger charge is -2.21. The zero-order valence-corrected chi connectivity index (χ0v) is 14.8. The van der Waals surface area contributed by atoms with Gasteiger partial charge in [0.15, 0.2) is 0 Å². The molecule has 1 unspecified atom stereocenters. The van der Waals surface area contributed by atoms with Gasteiger partial charge < -0.3 is 10.2 Å². The molecule has 0 aromatic heterocycles. The molecule has 0 radical (unpaired) electrons. The third-order valence-corrected chi connectivity index (χ3v) is 5.57. The summed E-state index contributed by atoms with van der Waals surface area (Å²) in [6.45, 7) is 1.14. The number of carbonyl (C=O) groups excluding carboxylic acids is 1. The third kappa shape index (κ3) is 4.72. The van der Waals surface area contributed by atoms with Crippen LogP contribution in [0.3, 0.4) is 0 Å². The maximum atomic E-state index is 12.8. The largest absolute Gasteiger partial charge is 0.416 e. The Labute approximate surface area is 154 Å². The zero-order chi connectivity index (χ0) is 18.6. The highest BCUT2D eigenvalue weighted by molar-refractivity contribution is 7.99. The summed E-state index contributed by atoms with van der Waals surface area (Å²) in [7, 11) is 0. The first-order valence-corrected chi connectivity index (χ1v) is 9.38. The van der Waals surface area contributed by atoms with Crippen LogP contribution in [-0.4, -0.2) is 29.8 Å². The average molecular weight is 380 g/mol. The molecule has 0 aliphatic carbocycles. The minimum Gasteiger partial charge on any atom is -0.324 e. The molecule has 1 saturated heterocycles. The highest BCUT2D eigenvalue weighted by Gasteiger charge is 2.30. The summed E-state index contributed by atoms with van der Waals surface area (Å²) in [5.41, 5.74) is 0.616. The zero-order valence-electron chi connectivity index (χ0n) is 14.0. The topological polar surface area (TPSA) is 32.3 Å². The van der Waals surface area contributed by atoms with Crippen molar-refractivity contribution in [3.63, 3.8) is 0 Å². The fourth-order valence-corrected chi connectivity index (χ4v) is 4.11. The predicted molar refractivity (Wildman–Crippen MR) is 98.3 cm³/mol. The van der Waals surface area contributed by atoms with E-state index >= 15 is 0 Å². The van der Waals surface area contributed by atoms with Gasteiger partial charge in [0.25, 0.3) is 0 Å². The maximum Gasteiger partial charge on any atom is 0.416 e. The molecule has 0 saturated carbocycles. The standard InChI is InChI=1S/C19H19F3N2OS/c20-19(21,22)15-7-4-8-16(13-15)23-18(25)24-10-9-17(26-12-11-24)14-5-2-1-3-6-14/h1-8,13,17H,9-12H2,(H,23,25). The van der Waals surface area contributed by atoms with Crippen LogP contribution in [0.2, 0.25) is 0 Å². The second-order valence-corrected chi connectivity index (χ2v) is 7.37. The molecule has 1 atom stereocenters. The minimum absolute atomic E-state index is 0.154. The molecule has 1 aliphatic heterocycles. The summed E-state index contributed by atoms with van der Waals surface area (Å²) < 4.78 is 38.4. The Morgan fingerprint density at radius 2 is 1.85 bits per heavy atom. The summed E-state index contributed by atoms with van der Waals surface area (Å²) >= 11 is 1.80. The van der Waals surface area contributed by atoms with Gasteiger partial charge in [-0.05, 0) is 30.2 Å². The Bertz CT molecular complexity index is 752. The number of amides is 2. The number of alkyl halides is 3. The number of rotatable bonds is 2. The average Bonchev–Trinajstić information content (AvgIpc) is 2.88. The molecule has 2 aromatic rings. The molecule has 1 N–H and O–H groups in total. The number of hydrogen-bond donors (Lipinski definition) is 1. The smallest absolute Gasteiger partial charge is 0.324 e. The van der Waals surface area contributed by atoms with E-state index in [-0.39, 0.29) is 11.7 Å². The molecule has 3 rings (SSSR count). The number of urea groups is 1. The monoisotopic (exact) mass is 380 g/mol. The van der Waals surface area contributed by atoms with Crippen LogP contribution in [0.1, 0.15) is 22.8 Å². The molecule has 2 amide bonds. The van der Waals surface area contributed by atoms with E-state index in [1.165, 1.54) is 17.7 Å². The Kier molecular flexibility index (Phi) is 5.76. The number of carbonyl (C=O) groups is 1. The molecule has 3 nitrogen and oxygen atoms in total. The second-order valence-electron chi connectivity index (χ2n) is 6.05. The lowest BCUT2D eigenvalue weighted by Crippen LogP contribution is -2.36. The van der Waals surface area contributed by atoms with Gasteiger partial charge in [0.05, 0.1) is 5.56 Å². The molecule has 0 spiro atoms. The Hall–Kier alpha value is -2.15. The first-order chi connectivity index (χ1) is 12.4. The first kappa shape index (κ1) is 18.6. The fourth-order valence-electron chi connectivity index (χ4n) is 2.88. The normalized spacial score (nSPS) is 18.3. The van der Waals surface area contributed by atoms with Crippen LogP contribution in [-0.2, 0) is 6.18 Å². The van der Waals surface area contributed by atoms with Gasteiger partial charge in [0, 0.05) is 29.8 Å². The van der Waals surface area contributed by atoms with Gasteiger partial charge in [-0.25, -0.2) is 4.79 Å². The number of nitrogens with zero attached hydrogens (tertiary/aromatic N) is 1. The van der Waals surface area contributed by atoms with E-state index in [9.17, 15) is 18.0 Å². The van der Waals surface area contributed by atoms with Crippen LogP contribution in [0.5, 0.6) is 0 Å². The molecule has 0 bridgehead atoms. The number of thioether (sulfide) groups is 1. The molecule has 1 fully saturated rings. The molecule has 7 heteroatoms. The van der Waals surface area contributed by atoms with E-state index in [4.69, 9.17) is 0 Å². The molecule has 138 valence electrons. The molecule has 26 heavy (non-hydrogen) atoms. The number of hydrogen-bond acceptors (Lipinski definition) is 2.